The molecule has 1 amide bonds. The molecule has 0 spiro atoms. The van der Waals surface area contributed by atoms with Crippen LogP contribution in [0.2, 0.25) is 0 Å². The number of nitrogens with one attached hydrogen (secondary N) is 1. The monoisotopic (exact) mass is 347 g/mol. The molecular weight excluding hydrogens is 336 g/mol. The summed E-state index contributed by atoms with van der Waals surface area (Å²) in [6, 6.07) is 5.97. The summed E-state index contributed by atoms with van der Waals surface area (Å²) < 4.78 is 31.8. The average Bonchev–Trinajstić information content (AvgIpc) is 2.97. The predicted octanol–water partition coefficient (Wildman–Crippen LogP) is 4.17. The molecule has 3 aromatic rings. The Hall–Kier alpha value is -2.87. The van der Waals surface area contributed by atoms with Crippen LogP contribution >= 0.6 is 11.3 Å². The molecule has 2 heterocycles. The number of aryl methyl sites for hydroxylation is 1. The highest BCUT2D eigenvalue weighted by Crippen LogP contribution is 2.25. The summed E-state index contributed by atoms with van der Waals surface area (Å²) in [7, 11) is 0. The summed E-state index contributed by atoms with van der Waals surface area (Å²) in [5, 5.41) is 2.69. The lowest BCUT2D eigenvalue weighted by Gasteiger charge is -2.08. The molecule has 122 valence electrons. The summed E-state index contributed by atoms with van der Waals surface area (Å²) in [4.78, 5) is 20.6. The molecule has 0 atom stereocenters. The molecular formula is C16H11F2N3O2S. The molecule has 0 bridgehead atoms. The summed E-state index contributed by atoms with van der Waals surface area (Å²) in [6.07, 6.45) is 1.41. The average molecular weight is 347 g/mol. The standard InChI is InChI=1S/C16H11F2N3O2S/c1-9-15(24-8-20-9)16(22)21-11-4-5-19-14(7-11)23-13-3-2-10(17)6-12(13)18/h2-8H,1H3,(H,19,21,22). The van der Waals surface area contributed by atoms with Crippen molar-refractivity contribution in [1.82, 2.24) is 9.97 Å². The second kappa shape index (κ2) is 6.71. The van der Waals surface area contributed by atoms with E-state index in [1.165, 1.54) is 23.6 Å². The molecule has 24 heavy (non-hydrogen) atoms. The quantitative estimate of drug-likeness (QED) is 0.769. The third kappa shape index (κ3) is 3.54. The first-order valence-electron chi connectivity index (χ1n) is 6.83. The Bertz CT molecular complexity index is 899. The van der Waals surface area contributed by atoms with Crippen molar-refractivity contribution in [3.8, 4) is 11.6 Å². The number of thiazole rings is 1. The maximum Gasteiger partial charge on any atom is 0.267 e. The first kappa shape index (κ1) is 16.0. The van der Waals surface area contributed by atoms with Gasteiger partial charge in [-0.1, -0.05) is 0 Å². The number of ether oxygens (including phenoxy) is 1. The minimum absolute atomic E-state index is 0.0688. The van der Waals surface area contributed by atoms with Crippen LogP contribution in [0.5, 0.6) is 11.6 Å². The zero-order valence-electron chi connectivity index (χ0n) is 12.4. The van der Waals surface area contributed by atoms with Crippen LogP contribution in [0.15, 0.2) is 42.0 Å². The van der Waals surface area contributed by atoms with E-state index in [0.29, 0.717) is 22.3 Å². The van der Waals surface area contributed by atoms with Gasteiger partial charge in [0.1, 0.15) is 10.7 Å². The molecule has 1 aromatic carbocycles. The van der Waals surface area contributed by atoms with E-state index in [1.54, 1.807) is 18.5 Å². The maximum atomic E-state index is 13.6. The van der Waals surface area contributed by atoms with Crippen LogP contribution in [-0.2, 0) is 0 Å². The number of aromatic nitrogens is 2. The minimum atomic E-state index is -0.841. The van der Waals surface area contributed by atoms with E-state index in [9.17, 15) is 13.6 Å². The van der Waals surface area contributed by atoms with Gasteiger partial charge in [0.25, 0.3) is 5.91 Å². The third-order valence-corrected chi connectivity index (χ3v) is 3.98. The van der Waals surface area contributed by atoms with Crippen LogP contribution < -0.4 is 10.1 Å². The Morgan fingerprint density at radius 2 is 2.04 bits per heavy atom. The zero-order valence-corrected chi connectivity index (χ0v) is 13.2. The van der Waals surface area contributed by atoms with Gasteiger partial charge < -0.3 is 10.1 Å². The van der Waals surface area contributed by atoms with E-state index in [4.69, 9.17) is 4.74 Å². The molecule has 0 saturated carbocycles. The number of anilines is 1. The van der Waals surface area contributed by atoms with Gasteiger partial charge in [-0.2, -0.15) is 0 Å². The molecule has 2 aromatic heterocycles. The molecule has 0 radical (unpaired) electrons. The summed E-state index contributed by atoms with van der Waals surface area (Å²) in [5.74, 6) is -1.94. The van der Waals surface area contributed by atoms with Crippen LogP contribution in [0.1, 0.15) is 15.4 Å². The van der Waals surface area contributed by atoms with Gasteiger partial charge in [0.2, 0.25) is 5.88 Å². The number of rotatable bonds is 4. The van der Waals surface area contributed by atoms with Gasteiger partial charge in [-0.3, -0.25) is 4.79 Å². The van der Waals surface area contributed by atoms with E-state index in [-0.39, 0.29) is 17.5 Å². The number of hydrogen-bond acceptors (Lipinski definition) is 5. The minimum Gasteiger partial charge on any atom is -0.436 e. The topological polar surface area (TPSA) is 64.1 Å². The highest BCUT2D eigenvalue weighted by atomic mass is 32.1. The Labute approximate surface area is 140 Å². The van der Waals surface area contributed by atoms with E-state index in [2.05, 4.69) is 15.3 Å². The SMILES string of the molecule is Cc1ncsc1C(=O)Nc1ccnc(Oc2ccc(F)cc2F)c1. The van der Waals surface area contributed by atoms with Gasteiger partial charge in [0, 0.05) is 24.0 Å². The van der Waals surface area contributed by atoms with Crippen LogP contribution in [0.25, 0.3) is 0 Å². The van der Waals surface area contributed by atoms with Gasteiger partial charge in [0.15, 0.2) is 11.6 Å². The molecule has 0 aliphatic carbocycles. The van der Waals surface area contributed by atoms with E-state index in [0.717, 1.165) is 12.1 Å². The molecule has 8 heteroatoms. The fourth-order valence-electron chi connectivity index (χ4n) is 1.92. The van der Waals surface area contributed by atoms with Gasteiger partial charge in [0.05, 0.1) is 11.2 Å². The number of amides is 1. The number of carbonyl (C=O) groups excluding carboxylic acids is 1. The van der Waals surface area contributed by atoms with Crippen LogP contribution in [0, 0.1) is 18.6 Å². The van der Waals surface area contributed by atoms with Crippen molar-refractivity contribution in [3.05, 3.63) is 64.2 Å². The van der Waals surface area contributed by atoms with Gasteiger partial charge in [-0.15, -0.1) is 11.3 Å². The van der Waals surface area contributed by atoms with Crippen LogP contribution in [-0.4, -0.2) is 15.9 Å². The normalized spacial score (nSPS) is 10.5. The number of hydrogen-bond donors (Lipinski definition) is 1. The molecule has 5 nitrogen and oxygen atoms in total. The third-order valence-electron chi connectivity index (χ3n) is 3.05. The first-order chi connectivity index (χ1) is 11.5. The molecule has 0 saturated heterocycles. The lowest BCUT2D eigenvalue weighted by atomic mass is 10.3. The molecule has 0 aliphatic heterocycles. The number of pyridine rings is 1. The van der Waals surface area contributed by atoms with E-state index < -0.39 is 11.6 Å². The molecule has 1 N–H and O–H groups in total. The number of nitrogens with zero attached hydrogens (tertiary/aromatic N) is 2. The van der Waals surface area contributed by atoms with Gasteiger partial charge in [-0.25, -0.2) is 18.7 Å². The Balaban J connectivity index is 1.77. The second-order valence-corrected chi connectivity index (χ2v) is 5.64. The fourth-order valence-corrected chi connectivity index (χ4v) is 2.62. The van der Waals surface area contributed by atoms with Crippen molar-refractivity contribution in [2.24, 2.45) is 0 Å². The predicted molar refractivity (Wildman–Crippen MR) is 85.5 cm³/mol. The van der Waals surface area contributed by atoms with Crippen LogP contribution in [0.3, 0.4) is 0 Å². The highest BCUT2D eigenvalue weighted by Gasteiger charge is 2.13. The van der Waals surface area contributed by atoms with E-state index >= 15 is 0 Å². The first-order valence-corrected chi connectivity index (χ1v) is 7.71. The van der Waals surface area contributed by atoms with Crippen molar-refractivity contribution >= 4 is 22.9 Å². The van der Waals surface area contributed by atoms with Crippen molar-refractivity contribution in [2.45, 2.75) is 6.92 Å². The van der Waals surface area contributed by atoms with Crippen molar-refractivity contribution < 1.29 is 18.3 Å². The number of halogens is 2. The molecule has 0 fully saturated rings. The smallest absolute Gasteiger partial charge is 0.267 e. The molecule has 0 aliphatic rings. The molecule has 3 rings (SSSR count). The highest BCUT2D eigenvalue weighted by molar-refractivity contribution is 7.12. The van der Waals surface area contributed by atoms with Crippen molar-refractivity contribution in [2.75, 3.05) is 5.32 Å². The van der Waals surface area contributed by atoms with Crippen molar-refractivity contribution in [1.29, 1.82) is 0 Å². The summed E-state index contributed by atoms with van der Waals surface area (Å²) in [5.41, 5.74) is 2.65. The summed E-state index contributed by atoms with van der Waals surface area (Å²) in [6.45, 7) is 1.74. The lowest BCUT2D eigenvalue weighted by Crippen LogP contribution is -2.11. The van der Waals surface area contributed by atoms with Gasteiger partial charge >= 0.3 is 0 Å². The largest absolute Gasteiger partial charge is 0.436 e. The fraction of sp³-hybridized carbons (Fsp3) is 0.0625. The Kier molecular flexibility index (Phi) is 4.48. The van der Waals surface area contributed by atoms with Crippen LogP contribution in [0.4, 0.5) is 14.5 Å². The zero-order chi connectivity index (χ0) is 17.1. The maximum absolute atomic E-state index is 13.6. The van der Waals surface area contributed by atoms with Gasteiger partial charge in [-0.05, 0) is 25.1 Å². The van der Waals surface area contributed by atoms with Crippen molar-refractivity contribution in [3.63, 3.8) is 0 Å². The Morgan fingerprint density at radius 3 is 2.75 bits per heavy atom. The second-order valence-electron chi connectivity index (χ2n) is 4.78. The molecule has 0 unspecified atom stereocenters. The number of benzene rings is 1. The van der Waals surface area contributed by atoms with E-state index in [1.807, 2.05) is 0 Å². The number of carbonyl (C=O) groups is 1. The lowest BCUT2D eigenvalue weighted by molar-refractivity contribution is 0.103. The summed E-state index contributed by atoms with van der Waals surface area (Å²) >= 11 is 1.23. The Morgan fingerprint density at radius 1 is 1.21 bits per heavy atom.